The van der Waals surface area contributed by atoms with E-state index in [9.17, 15) is 15.0 Å². The molecule has 2 heterocycles. The van der Waals surface area contributed by atoms with Gasteiger partial charge in [0.15, 0.2) is 17.2 Å². The number of aliphatic hydroxyl groups is 1. The van der Waals surface area contributed by atoms with Gasteiger partial charge in [-0.25, -0.2) is 4.79 Å². The van der Waals surface area contributed by atoms with E-state index >= 15 is 0 Å². The molecule has 4 rings (SSSR count). The van der Waals surface area contributed by atoms with Crippen LogP contribution < -0.4 is 14.2 Å². The summed E-state index contributed by atoms with van der Waals surface area (Å²) in [6.45, 7) is 9.54. The highest BCUT2D eigenvalue weighted by Crippen LogP contribution is 2.49. The van der Waals surface area contributed by atoms with Crippen LogP contribution in [-0.2, 0) is 17.8 Å². The van der Waals surface area contributed by atoms with Crippen LogP contribution >= 0.6 is 0 Å². The number of aromatic hydroxyl groups is 1. The normalized spacial score (nSPS) is 18.9. The predicted molar refractivity (Wildman–Crippen MR) is 109 cm³/mol. The van der Waals surface area contributed by atoms with Crippen LogP contribution in [0.5, 0.6) is 28.7 Å². The summed E-state index contributed by atoms with van der Waals surface area (Å²) in [5.74, 6) is 0.814. The Labute approximate surface area is 175 Å². The fourth-order valence-corrected chi connectivity index (χ4v) is 3.89. The van der Waals surface area contributed by atoms with Crippen LogP contribution in [0.4, 0.5) is 0 Å². The topological polar surface area (TPSA) is 94.5 Å². The Morgan fingerprint density at radius 2 is 1.90 bits per heavy atom. The first-order chi connectivity index (χ1) is 14.1. The van der Waals surface area contributed by atoms with E-state index < -0.39 is 17.7 Å². The van der Waals surface area contributed by atoms with Gasteiger partial charge in [0.25, 0.3) is 0 Å². The molecule has 160 valence electrons. The van der Waals surface area contributed by atoms with E-state index in [4.69, 9.17) is 18.9 Å². The number of benzene rings is 2. The van der Waals surface area contributed by atoms with Crippen LogP contribution in [0, 0.1) is 13.8 Å². The monoisotopic (exact) mass is 414 g/mol. The summed E-state index contributed by atoms with van der Waals surface area (Å²) in [5.41, 5.74) is 1.85. The lowest BCUT2D eigenvalue weighted by atomic mass is 9.88. The van der Waals surface area contributed by atoms with Gasteiger partial charge in [-0.1, -0.05) is 0 Å². The minimum atomic E-state index is -0.762. The van der Waals surface area contributed by atoms with Crippen LogP contribution in [-0.4, -0.2) is 34.5 Å². The van der Waals surface area contributed by atoms with Gasteiger partial charge in [-0.15, -0.1) is 0 Å². The third kappa shape index (κ3) is 3.18. The average Bonchev–Trinajstić information content (AvgIpc) is 2.80. The van der Waals surface area contributed by atoms with Crippen molar-refractivity contribution in [1.82, 2.24) is 0 Å². The third-order valence-electron chi connectivity index (χ3n) is 5.77. The predicted octanol–water partition coefficient (Wildman–Crippen LogP) is 3.94. The van der Waals surface area contributed by atoms with Gasteiger partial charge in [0, 0.05) is 30.2 Å². The summed E-state index contributed by atoms with van der Waals surface area (Å²) < 4.78 is 23.4. The summed E-state index contributed by atoms with van der Waals surface area (Å²) in [5, 5.41) is 20.9. The Balaban J connectivity index is 1.89. The van der Waals surface area contributed by atoms with E-state index in [-0.39, 0.29) is 29.4 Å². The number of aryl methyl sites for hydroxylation is 1. The second kappa shape index (κ2) is 7.18. The number of esters is 1. The van der Waals surface area contributed by atoms with Crippen LogP contribution in [0.25, 0.3) is 0 Å². The smallest absolute Gasteiger partial charge is 0.347 e. The molecule has 2 aliphatic rings. The molecule has 0 radical (unpaired) electrons. The fourth-order valence-electron chi connectivity index (χ4n) is 3.89. The van der Waals surface area contributed by atoms with Crippen molar-refractivity contribution in [3.63, 3.8) is 0 Å². The first kappa shape index (κ1) is 20.5. The molecule has 0 fully saturated rings. The molecular formula is C23H26O7. The molecule has 0 amide bonds. The molecule has 30 heavy (non-hydrogen) atoms. The molecule has 0 saturated heterocycles. The van der Waals surface area contributed by atoms with E-state index in [1.165, 1.54) is 6.07 Å². The highest BCUT2D eigenvalue weighted by atomic mass is 16.6. The Morgan fingerprint density at radius 3 is 2.60 bits per heavy atom. The zero-order valence-electron chi connectivity index (χ0n) is 17.8. The number of carbonyl (C=O) groups excluding carboxylic acids is 1. The molecule has 2 aliphatic heterocycles. The number of carbonyl (C=O) groups is 1. The minimum Gasteiger partial charge on any atom is -0.507 e. The molecule has 0 bridgehead atoms. The minimum absolute atomic E-state index is 0.00821. The Hall–Kier alpha value is -2.77. The number of hydrogen-bond donors (Lipinski definition) is 2. The highest BCUT2D eigenvalue weighted by molar-refractivity contribution is 5.98. The standard InChI is InChI=1S/C23H26O7/c1-6-27-10-14-15(24)7-11(2)19-21(14)28-17-9-16-13(8-18(25)23(4,5)30-16)12(3)20(17)29-22(19)26/h7,9,18,24-25H,6,8,10H2,1-5H3/t18-/m0/s1. The molecule has 2 aromatic carbocycles. The molecule has 0 spiro atoms. The summed E-state index contributed by atoms with van der Waals surface area (Å²) in [4.78, 5) is 13.0. The first-order valence-electron chi connectivity index (χ1n) is 10.0. The lowest BCUT2D eigenvalue weighted by molar-refractivity contribution is -0.0414. The van der Waals surface area contributed by atoms with Gasteiger partial charge >= 0.3 is 5.97 Å². The molecule has 7 heteroatoms. The second-order valence-electron chi connectivity index (χ2n) is 8.25. The number of phenolic OH excluding ortho intramolecular Hbond substituents is 1. The van der Waals surface area contributed by atoms with Gasteiger partial charge in [-0.2, -0.15) is 0 Å². The molecule has 0 saturated carbocycles. The summed E-state index contributed by atoms with van der Waals surface area (Å²) in [6, 6.07) is 3.19. The maximum atomic E-state index is 13.0. The second-order valence-corrected chi connectivity index (χ2v) is 8.25. The van der Waals surface area contributed by atoms with Crippen molar-refractivity contribution in [3.8, 4) is 28.7 Å². The average molecular weight is 414 g/mol. The van der Waals surface area contributed by atoms with E-state index in [1.54, 1.807) is 13.0 Å². The van der Waals surface area contributed by atoms with Crippen molar-refractivity contribution in [2.24, 2.45) is 0 Å². The quantitative estimate of drug-likeness (QED) is 0.580. The number of hydrogen-bond acceptors (Lipinski definition) is 7. The number of fused-ring (bicyclic) bond motifs is 3. The number of aliphatic hydroxyl groups excluding tert-OH is 1. The van der Waals surface area contributed by atoms with Crippen molar-refractivity contribution < 1.29 is 34.0 Å². The molecule has 7 nitrogen and oxygen atoms in total. The van der Waals surface area contributed by atoms with E-state index in [2.05, 4.69) is 0 Å². The highest BCUT2D eigenvalue weighted by Gasteiger charge is 2.39. The molecule has 0 aliphatic carbocycles. The van der Waals surface area contributed by atoms with E-state index in [0.717, 1.165) is 5.56 Å². The number of ether oxygens (including phenoxy) is 4. The molecular weight excluding hydrogens is 388 g/mol. The van der Waals surface area contributed by atoms with Crippen molar-refractivity contribution in [1.29, 1.82) is 0 Å². The van der Waals surface area contributed by atoms with Crippen LogP contribution in [0.1, 0.15) is 53.4 Å². The van der Waals surface area contributed by atoms with Crippen molar-refractivity contribution in [2.75, 3.05) is 6.61 Å². The molecule has 1 atom stereocenters. The van der Waals surface area contributed by atoms with Gasteiger partial charge in [0.05, 0.1) is 18.3 Å². The Bertz CT molecular complexity index is 1040. The summed E-state index contributed by atoms with van der Waals surface area (Å²) in [7, 11) is 0. The number of rotatable bonds is 3. The third-order valence-corrected chi connectivity index (χ3v) is 5.77. The van der Waals surface area contributed by atoms with Crippen LogP contribution in [0.3, 0.4) is 0 Å². The van der Waals surface area contributed by atoms with Crippen molar-refractivity contribution in [2.45, 2.75) is 59.4 Å². The van der Waals surface area contributed by atoms with E-state index in [0.29, 0.717) is 41.2 Å². The van der Waals surface area contributed by atoms with Crippen molar-refractivity contribution >= 4 is 5.97 Å². The van der Waals surface area contributed by atoms with Gasteiger partial charge < -0.3 is 29.2 Å². The molecule has 0 unspecified atom stereocenters. The zero-order chi connectivity index (χ0) is 21.8. The van der Waals surface area contributed by atoms with Crippen LogP contribution in [0.2, 0.25) is 0 Å². The molecule has 2 N–H and O–H groups in total. The van der Waals surface area contributed by atoms with Gasteiger partial charge in [-0.3, -0.25) is 0 Å². The summed E-state index contributed by atoms with van der Waals surface area (Å²) in [6.07, 6.45) is -0.320. The van der Waals surface area contributed by atoms with Crippen molar-refractivity contribution in [3.05, 3.63) is 39.9 Å². The lowest BCUT2D eigenvalue weighted by Gasteiger charge is -2.38. The maximum absolute atomic E-state index is 13.0. The summed E-state index contributed by atoms with van der Waals surface area (Å²) >= 11 is 0. The fraction of sp³-hybridized carbons (Fsp3) is 0.435. The first-order valence-corrected chi connectivity index (χ1v) is 10.0. The zero-order valence-corrected chi connectivity index (χ0v) is 17.8. The van der Waals surface area contributed by atoms with Gasteiger partial charge in [0.2, 0.25) is 0 Å². The van der Waals surface area contributed by atoms with Gasteiger partial charge in [-0.05, 0) is 46.2 Å². The van der Waals surface area contributed by atoms with Crippen LogP contribution in [0.15, 0.2) is 12.1 Å². The molecule has 2 aromatic rings. The maximum Gasteiger partial charge on any atom is 0.347 e. The molecule has 0 aromatic heterocycles. The number of phenols is 1. The largest absolute Gasteiger partial charge is 0.507 e. The lowest BCUT2D eigenvalue weighted by Crippen LogP contribution is -2.46. The Kier molecular flexibility index (Phi) is 4.91. The van der Waals surface area contributed by atoms with Gasteiger partial charge in [0.1, 0.15) is 22.7 Å². The SMILES string of the molecule is CCOCc1c(O)cc(C)c2c1Oc1cc3c(c(C)c1OC2=O)C[C@H](O)C(C)(C)O3. The Morgan fingerprint density at radius 1 is 1.17 bits per heavy atom. The van der Waals surface area contributed by atoms with E-state index in [1.807, 2.05) is 27.7 Å².